The molecule has 0 radical (unpaired) electrons. The summed E-state index contributed by atoms with van der Waals surface area (Å²) in [6, 6.07) is 3.73. The van der Waals surface area contributed by atoms with Crippen LogP contribution in [0.5, 0.6) is 5.75 Å². The topological polar surface area (TPSA) is 46.5 Å². The lowest BCUT2D eigenvalue weighted by Crippen LogP contribution is -2.11. The minimum atomic E-state index is -0.917. The van der Waals surface area contributed by atoms with Crippen LogP contribution in [0, 0.1) is 0 Å². The highest BCUT2D eigenvalue weighted by Gasteiger charge is 2.24. The summed E-state index contributed by atoms with van der Waals surface area (Å²) in [5.41, 5.74) is 3.40. The van der Waals surface area contributed by atoms with E-state index in [1.165, 1.54) is 7.11 Å². The number of carboxylic acids is 1. The molecule has 0 spiro atoms. The molecule has 1 aromatic carbocycles. The van der Waals surface area contributed by atoms with E-state index < -0.39 is 5.97 Å². The van der Waals surface area contributed by atoms with Crippen molar-refractivity contribution in [2.24, 2.45) is 0 Å². The van der Waals surface area contributed by atoms with Crippen molar-refractivity contribution in [2.45, 2.75) is 26.2 Å². The van der Waals surface area contributed by atoms with Gasteiger partial charge >= 0.3 is 5.97 Å². The molecule has 0 unspecified atom stereocenters. The van der Waals surface area contributed by atoms with Crippen molar-refractivity contribution in [3.8, 4) is 5.75 Å². The van der Waals surface area contributed by atoms with Gasteiger partial charge in [0, 0.05) is 0 Å². The van der Waals surface area contributed by atoms with Crippen molar-refractivity contribution >= 4 is 11.5 Å². The Balaban J connectivity index is 2.73. The predicted octanol–water partition coefficient (Wildman–Crippen LogP) is 3.13. The van der Waals surface area contributed by atoms with E-state index in [1.54, 1.807) is 6.07 Å². The van der Waals surface area contributed by atoms with E-state index >= 15 is 0 Å². The number of fused-ring (bicyclic) bond motifs is 1. The molecule has 0 saturated carbocycles. The zero-order valence-electron chi connectivity index (χ0n) is 10.1. The van der Waals surface area contributed by atoms with E-state index in [0.717, 1.165) is 36.0 Å². The van der Waals surface area contributed by atoms with Gasteiger partial charge in [0.1, 0.15) is 11.3 Å². The number of hydrogen-bond acceptors (Lipinski definition) is 2. The molecule has 0 saturated heterocycles. The quantitative estimate of drug-likeness (QED) is 0.852. The second-order valence-electron chi connectivity index (χ2n) is 4.15. The monoisotopic (exact) mass is 232 g/mol. The number of ether oxygens (including phenoxy) is 1. The summed E-state index contributed by atoms with van der Waals surface area (Å²) in [7, 11) is 1.51. The number of carboxylic acid groups (broad SMARTS) is 1. The summed E-state index contributed by atoms with van der Waals surface area (Å²) in [6.45, 7) is 1.95. The fourth-order valence-electron chi connectivity index (χ4n) is 2.47. The predicted molar refractivity (Wildman–Crippen MR) is 66.5 cm³/mol. The van der Waals surface area contributed by atoms with Gasteiger partial charge in [-0.15, -0.1) is 0 Å². The van der Waals surface area contributed by atoms with Gasteiger partial charge in [-0.05, 0) is 49.0 Å². The first-order valence-corrected chi connectivity index (χ1v) is 5.77. The summed E-state index contributed by atoms with van der Waals surface area (Å²) >= 11 is 0. The molecule has 17 heavy (non-hydrogen) atoms. The SMILES string of the molecule is C/C=C1\CCCc2ccc(OC)c(C(=O)O)c21. The molecule has 1 aliphatic carbocycles. The molecule has 1 aliphatic rings. The van der Waals surface area contributed by atoms with E-state index in [2.05, 4.69) is 0 Å². The second-order valence-corrected chi connectivity index (χ2v) is 4.15. The molecule has 0 fully saturated rings. The lowest BCUT2D eigenvalue weighted by molar-refractivity contribution is 0.0692. The molecular weight excluding hydrogens is 216 g/mol. The Morgan fingerprint density at radius 2 is 2.18 bits per heavy atom. The van der Waals surface area contributed by atoms with E-state index in [9.17, 15) is 9.90 Å². The van der Waals surface area contributed by atoms with Crippen LogP contribution in [-0.2, 0) is 6.42 Å². The van der Waals surface area contributed by atoms with Crippen molar-refractivity contribution in [2.75, 3.05) is 7.11 Å². The van der Waals surface area contributed by atoms with Crippen LogP contribution in [0.1, 0.15) is 41.3 Å². The molecule has 1 N–H and O–H groups in total. The van der Waals surface area contributed by atoms with Crippen LogP contribution in [0.4, 0.5) is 0 Å². The number of hydrogen-bond donors (Lipinski definition) is 1. The van der Waals surface area contributed by atoms with Crippen molar-refractivity contribution in [3.63, 3.8) is 0 Å². The van der Waals surface area contributed by atoms with Gasteiger partial charge in [0.2, 0.25) is 0 Å². The van der Waals surface area contributed by atoms with E-state index in [4.69, 9.17) is 4.74 Å². The highest BCUT2D eigenvalue weighted by molar-refractivity contribution is 5.98. The molecule has 0 aliphatic heterocycles. The number of benzene rings is 1. The Bertz CT molecular complexity index is 486. The number of aryl methyl sites for hydroxylation is 1. The normalized spacial score (nSPS) is 16.7. The van der Waals surface area contributed by atoms with Crippen LogP contribution in [0.2, 0.25) is 0 Å². The standard InChI is InChI=1S/C14H16O3/c1-3-9-5-4-6-10-7-8-11(17-2)13(12(9)10)14(15)16/h3,7-8H,4-6H2,1-2H3,(H,15,16)/b9-3+. The smallest absolute Gasteiger partial charge is 0.340 e. The van der Waals surface area contributed by atoms with Crippen LogP contribution in [0.25, 0.3) is 5.57 Å². The average Bonchev–Trinajstić information content (AvgIpc) is 2.36. The van der Waals surface area contributed by atoms with Gasteiger partial charge in [0.05, 0.1) is 7.11 Å². The molecule has 3 nitrogen and oxygen atoms in total. The van der Waals surface area contributed by atoms with Gasteiger partial charge in [-0.2, -0.15) is 0 Å². The van der Waals surface area contributed by atoms with Crippen molar-refractivity contribution in [3.05, 3.63) is 34.9 Å². The molecule has 2 rings (SSSR count). The second kappa shape index (κ2) is 4.62. The summed E-state index contributed by atoms with van der Waals surface area (Å²) in [4.78, 5) is 11.4. The molecule has 0 aromatic heterocycles. The molecular formula is C14H16O3. The van der Waals surface area contributed by atoms with Gasteiger partial charge in [-0.1, -0.05) is 12.1 Å². The van der Waals surface area contributed by atoms with E-state index in [-0.39, 0.29) is 0 Å². The summed E-state index contributed by atoms with van der Waals surface area (Å²) in [5.74, 6) is -0.475. The molecule has 1 aromatic rings. The molecule has 90 valence electrons. The maximum Gasteiger partial charge on any atom is 0.340 e. The molecule has 0 bridgehead atoms. The fraction of sp³-hybridized carbons (Fsp3) is 0.357. The Morgan fingerprint density at radius 1 is 1.41 bits per heavy atom. The molecule has 0 heterocycles. The third-order valence-corrected chi connectivity index (χ3v) is 3.25. The van der Waals surface area contributed by atoms with Crippen LogP contribution in [0.3, 0.4) is 0 Å². The van der Waals surface area contributed by atoms with Crippen LogP contribution in [-0.4, -0.2) is 18.2 Å². The summed E-state index contributed by atoms with van der Waals surface area (Å²) in [5, 5.41) is 9.36. The van der Waals surface area contributed by atoms with Crippen molar-refractivity contribution < 1.29 is 14.6 Å². The Morgan fingerprint density at radius 3 is 2.76 bits per heavy atom. The Kier molecular flexibility index (Phi) is 3.18. The highest BCUT2D eigenvalue weighted by Crippen LogP contribution is 2.37. The molecule has 0 atom stereocenters. The van der Waals surface area contributed by atoms with Gasteiger partial charge < -0.3 is 9.84 Å². The number of carbonyl (C=O) groups is 1. The first kappa shape index (κ1) is 11.7. The average molecular weight is 232 g/mol. The number of rotatable bonds is 2. The largest absolute Gasteiger partial charge is 0.496 e. The third kappa shape index (κ3) is 1.93. The van der Waals surface area contributed by atoms with Gasteiger partial charge in [-0.3, -0.25) is 0 Å². The van der Waals surface area contributed by atoms with Crippen molar-refractivity contribution in [1.29, 1.82) is 0 Å². The van der Waals surface area contributed by atoms with Gasteiger partial charge in [0.15, 0.2) is 0 Å². The third-order valence-electron chi connectivity index (χ3n) is 3.25. The zero-order valence-corrected chi connectivity index (χ0v) is 10.1. The minimum absolute atomic E-state index is 0.304. The van der Waals surface area contributed by atoms with Crippen LogP contribution >= 0.6 is 0 Å². The zero-order chi connectivity index (χ0) is 12.4. The van der Waals surface area contributed by atoms with E-state index in [1.807, 2.05) is 19.1 Å². The maximum atomic E-state index is 11.4. The maximum absolute atomic E-state index is 11.4. The van der Waals surface area contributed by atoms with E-state index in [0.29, 0.717) is 11.3 Å². The number of methoxy groups -OCH3 is 1. The highest BCUT2D eigenvalue weighted by atomic mass is 16.5. The Hall–Kier alpha value is -1.77. The Labute approximate surface area is 101 Å². The van der Waals surface area contributed by atoms with Gasteiger partial charge in [0.25, 0.3) is 0 Å². The molecule has 3 heteroatoms. The van der Waals surface area contributed by atoms with Crippen molar-refractivity contribution in [1.82, 2.24) is 0 Å². The summed E-state index contributed by atoms with van der Waals surface area (Å²) in [6.07, 6.45) is 4.97. The fourth-order valence-corrected chi connectivity index (χ4v) is 2.47. The first-order valence-electron chi connectivity index (χ1n) is 5.77. The minimum Gasteiger partial charge on any atom is -0.496 e. The van der Waals surface area contributed by atoms with Crippen LogP contribution < -0.4 is 4.74 Å². The first-order chi connectivity index (χ1) is 8.19. The lowest BCUT2D eigenvalue weighted by Gasteiger charge is -2.22. The van der Waals surface area contributed by atoms with Gasteiger partial charge in [-0.25, -0.2) is 4.79 Å². The summed E-state index contributed by atoms with van der Waals surface area (Å²) < 4.78 is 5.16. The number of aromatic carboxylic acids is 1. The number of allylic oxidation sites excluding steroid dienone is 2. The lowest BCUT2D eigenvalue weighted by atomic mass is 9.84. The van der Waals surface area contributed by atoms with Crippen LogP contribution in [0.15, 0.2) is 18.2 Å². The molecule has 0 amide bonds.